The summed E-state index contributed by atoms with van der Waals surface area (Å²) in [6.45, 7) is 11.7. The van der Waals surface area contributed by atoms with Gasteiger partial charge in [-0.05, 0) is 51.2 Å². The van der Waals surface area contributed by atoms with Crippen molar-refractivity contribution in [2.75, 3.05) is 5.32 Å². The fourth-order valence-corrected chi connectivity index (χ4v) is 2.33. The van der Waals surface area contributed by atoms with Crippen LogP contribution in [0.25, 0.3) is 0 Å². The molecule has 2 rings (SSSR count). The molecule has 1 N–H and O–H groups in total. The third-order valence-electron chi connectivity index (χ3n) is 4.39. The molecule has 23 heavy (non-hydrogen) atoms. The summed E-state index contributed by atoms with van der Waals surface area (Å²) in [6.07, 6.45) is 0.360. The van der Waals surface area contributed by atoms with E-state index in [0.29, 0.717) is 11.9 Å². The quantitative estimate of drug-likeness (QED) is 0.867. The third-order valence-corrected chi connectivity index (χ3v) is 4.39. The lowest BCUT2D eigenvalue weighted by atomic mass is 9.79. The molecule has 1 aromatic carbocycles. The highest BCUT2D eigenvalue weighted by Crippen LogP contribution is 2.36. The van der Waals surface area contributed by atoms with Gasteiger partial charge in [0.2, 0.25) is 5.91 Å². The van der Waals surface area contributed by atoms with Gasteiger partial charge in [0.05, 0.1) is 16.9 Å². The van der Waals surface area contributed by atoms with E-state index in [-0.39, 0.29) is 17.5 Å². The Morgan fingerprint density at radius 3 is 2.26 bits per heavy atom. The minimum Gasteiger partial charge on any atom is -0.399 e. The monoisotopic (exact) mass is 321 g/mol. The van der Waals surface area contributed by atoms with Crippen molar-refractivity contribution >= 4 is 24.2 Å². The Morgan fingerprint density at radius 2 is 1.78 bits per heavy atom. The summed E-state index contributed by atoms with van der Waals surface area (Å²) in [5.74, 6) is -0.460. The molecule has 0 bridgehead atoms. The van der Waals surface area contributed by atoms with Crippen LogP contribution in [0, 0.1) is 11.7 Å². The Hall–Kier alpha value is -1.40. The van der Waals surface area contributed by atoms with Crippen LogP contribution in [-0.2, 0) is 14.1 Å². The maximum absolute atomic E-state index is 14.3. The van der Waals surface area contributed by atoms with E-state index < -0.39 is 24.1 Å². The SMILES string of the molecule is CC(C)CC(=O)Nc1ccc(B2OC(C)(C)C(C)(C)O2)cc1F. The van der Waals surface area contributed by atoms with Crippen molar-refractivity contribution in [3.63, 3.8) is 0 Å². The molecule has 6 heteroatoms. The number of rotatable bonds is 4. The smallest absolute Gasteiger partial charge is 0.399 e. The highest BCUT2D eigenvalue weighted by Gasteiger charge is 2.51. The first kappa shape index (κ1) is 18.0. The molecule has 0 spiro atoms. The average molecular weight is 321 g/mol. The van der Waals surface area contributed by atoms with E-state index in [1.54, 1.807) is 12.1 Å². The summed E-state index contributed by atoms with van der Waals surface area (Å²) in [4.78, 5) is 11.8. The van der Waals surface area contributed by atoms with Crippen molar-refractivity contribution in [2.24, 2.45) is 5.92 Å². The largest absolute Gasteiger partial charge is 0.494 e. The molecular formula is C17H25BFNO3. The van der Waals surface area contributed by atoms with E-state index in [4.69, 9.17) is 9.31 Å². The minimum atomic E-state index is -0.616. The Morgan fingerprint density at radius 1 is 1.22 bits per heavy atom. The predicted octanol–water partition coefficient (Wildman–Crippen LogP) is 3.11. The molecule has 0 unspecified atom stereocenters. The fraction of sp³-hybridized carbons (Fsp3) is 0.588. The molecule has 1 fully saturated rings. The van der Waals surface area contributed by atoms with Gasteiger partial charge in [-0.15, -0.1) is 0 Å². The summed E-state index contributed by atoms with van der Waals surface area (Å²) in [5, 5.41) is 2.60. The van der Waals surface area contributed by atoms with Crippen molar-refractivity contribution < 1.29 is 18.5 Å². The van der Waals surface area contributed by atoms with Gasteiger partial charge in [-0.2, -0.15) is 0 Å². The van der Waals surface area contributed by atoms with Crippen LogP contribution in [0.5, 0.6) is 0 Å². The second kappa shape index (κ2) is 6.25. The Kier molecular flexibility index (Phi) is 4.88. The van der Waals surface area contributed by atoms with Gasteiger partial charge < -0.3 is 14.6 Å². The lowest BCUT2D eigenvalue weighted by Crippen LogP contribution is -2.41. The molecule has 0 aliphatic carbocycles. The van der Waals surface area contributed by atoms with Crippen LogP contribution in [0.3, 0.4) is 0 Å². The van der Waals surface area contributed by atoms with Gasteiger partial charge in [0.25, 0.3) is 0 Å². The number of carbonyl (C=O) groups excluding carboxylic acids is 1. The van der Waals surface area contributed by atoms with E-state index in [0.717, 1.165) is 0 Å². The molecular weight excluding hydrogens is 296 g/mol. The van der Waals surface area contributed by atoms with Gasteiger partial charge in [0.1, 0.15) is 5.82 Å². The molecule has 1 amide bonds. The van der Waals surface area contributed by atoms with Crippen molar-refractivity contribution in [3.05, 3.63) is 24.0 Å². The normalized spacial score (nSPS) is 19.2. The van der Waals surface area contributed by atoms with E-state index in [1.165, 1.54) is 6.07 Å². The number of benzene rings is 1. The Balaban J connectivity index is 2.13. The zero-order chi connectivity index (χ0) is 17.4. The van der Waals surface area contributed by atoms with E-state index in [1.807, 2.05) is 41.5 Å². The van der Waals surface area contributed by atoms with Gasteiger partial charge in [0, 0.05) is 6.42 Å². The first-order valence-corrected chi connectivity index (χ1v) is 7.97. The summed E-state index contributed by atoms with van der Waals surface area (Å²) in [6, 6.07) is 4.62. The number of amides is 1. The van der Waals surface area contributed by atoms with Gasteiger partial charge in [-0.3, -0.25) is 4.79 Å². The maximum atomic E-state index is 14.3. The molecule has 0 radical (unpaired) electrons. The molecule has 1 aromatic rings. The second-order valence-electron chi connectivity index (χ2n) is 7.47. The van der Waals surface area contributed by atoms with Crippen molar-refractivity contribution in [1.29, 1.82) is 0 Å². The molecule has 1 saturated heterocycles. The van der Waals surface area contributed by atoms with Gasteiger partial charge in [-0.25, -0.2) is 4.39 Å². The number of nitrogens with one attached hydrogen (secondary N) is 1. The topological polar surface area (TPSA) is 47.6 Å². The standard InChI is InChI=1S/C17H25BFNO3/c1-11(2)9-15(21)20-14-8-7-12(10-13(14)19)18-22-16(3,4)17(5,6)23-18/h7-8,10-11H,9H2,1-6H3,(H,20,21). The predicted molar refractivity (Wildman–Crippen MR) is 90.2 cm³/mol. The molecule has 126 valence electrons. The molecule has 1 heterocycles. The molecule has 0 aromatic heterocycles. The van der Waals surface area contributed by atoms with Crippen LogP contribution in [-0.4, -0.2) is 24.2 Å². The van der Waals surface area contributed by atoms with Crippen LogP contribution < -0.4 is 10.8 Å². The van der Waals surface area contributed by atoms with Crippen molar-refractivity contribution in [2.45, 2.75) is 59.2 Å². The Bertz CT molecular complexity index is 586. The third kappa shape index (κ3) is 3.93. The Labute approximate surface area is 137 Å². The van der Waals surface area contributed by atoms with Crippen LogP contribution >= 0.6 is 0 Å². The number of hydrogen-bond donors (Lipinski definition) is 1. The first-order chi connectivity index (χ1) is 10.5. The summed E-state index contributed by atoms with van der Waals surface area (Å²) in [7, 11) is -0.616. The van der Waals surface area contributed by atoms with E-state index in [9.17, 15) is 9.18 Å². The minimum absolute atomic E-state index is 0.177. The van der Waals surface area contributed by atoms with Crippen LogP contribution in [0.15, 0.2) is 18.2 Å². The van der Waals surface area contributed by atoms with E-state index in [2.05, 4.69) is 5.32 Å². The number of hydrogen-bond acceptors (Lipinski definition) is 3. The lowest BCUT2D eigenvalue weighted by molar-refractivity contribution is -0.116. The maximum Gasteiger partial charge on any atom is 0.494 e. The second-order valence-corrected chi connectivity index (χ2v) is 7.47. The molecule has 1 aliphatic heterocycles. The summed E-state index contributed by atoms with van der Waals surface area (Å²) in [5.41, 5.74) is -0.171. The molecule has 4 nitrogen and oxygen atoms in total. The van der Waals surface area contributed by atoms with Crippen LogP contribution in [0.1, 0.15) is 48.0 Å². The highest BCUT2D eigenvalue weighted by atomic mass is 19.1. The van der Waals surface area contributed by atoms with Gasteiger partial charge >= 0.3 is 7.12 Å². The van der Waals surface area contributed by atoms with Crippen LogP contribution in [0.4, 0.5) is 10.1 Å². The van der Waals surface area contributed by atoms with Crippen molar-refractivity contribution in [3.8, 4) is 0 Å². The first-order valence-electron chi connectivity index (χ1n) is 7.97. The fourth-order valence-electron chi connectivity index (χ4n) is 2.33. The number of anilines is 1. The van der Waals surface area contributed by atoms with E-state index >= 15 is 0 Å². The van der Waals surface area contributed by atoms with Gasteiger partial charge in [0.15, 0.2) is 0 Å². The number of halogens is 1. The number of carbonyl (C=O) groups is 1. The lowest BCUT2D eigenvalue weighted by Gasteiger charge is -2.32. The molecule has 0 atom stereocenters. The average Bonchev–Trinajstić information content (AvgIpc) is 2.60. The summed E-state index contributed by atoms with van der Waals surface area (Å²) < 4.78 is 26.1. The highest BCUT2D eigenvalue weighted by molar-refractivity contribution is 6.62. The summed E-state index contributed by atoms with van der Waals surface area (Å²) >= 11 is 0. The van der Waals surface area contributed by atoms with Gasteiger partial charge in [-0.1, -0.05) is 19.9 Å². The van der Waals surface area contributed by atoms with Crippen molar-refractivity contribution in [1.82, 2.24) is 0 Å². The zero-order valence-electron chi connectivity index (χ0n) is 14.7. The molecule has 0 saturated carbocycles. The molecule has 1 aliphatic rings. The zero-order valence-corrected chi connectivity index (χ0v) is 14.7. The van der Waals surface area contributed by atoms with Crippen LogP contribution in [0.2, 0.25) is 0 Å².